The zero-order chi connectivity index (χ0) is 28.6. The van der Waals surface area contributed by atoms with Gasteiger partial charge in [0.15, 0.2) is 5.60 Å². The standard InChI is InChI=1S/C33H36N4O4/c1-24(10-8-9-21-38)33(41)28-22-27(15-16-29(28)37(31(33)40)26-13-6-3-7-14-26)35-23-36(25-11-4-2-5-12-25)32(30(35)39)17-19-34-20-18-32/h2-8,10-16,22,24,34,38,41H,9,17-21,23H2,1H3/b10-8+/t24-,33+/m0/s1. The lowest BCUT2D eigenvalue weighted by Crippen LogP contribution is -2.55. The van der Waals surface area contributed by atoms with Crippen molar-refractivity contribution in [2.45, 2.75) is 37.3 Å². The zero-order valence-electron chi connectivity index (χ0n) is 23.2. The van der Waals surface area contributed by atoms with Crippen LogP contribution in [0.3, 0.4) is 0 Å². The second-order valence-electron chi connectivity index (χ2n) is 11.1. The maximum atomic E-state index is 14.3. The minimum atomic E-state index is -1.85. The van der Waals surface area contributed by atoms with Crippen LogP contribution in [0.15, 0.2) is 91.0 Å². The van der Waals surface area contributed by atoms with E-state index >= 15 is 0 Å². The van der Waals surface area contributed by atoms with Gasteiger partial charge < -0.3 is 20.4 Å². The number of piperidine rings is 1. The lowest BCUT2D eigenvalue weighted by molar-refractivity contribution is -0.138. The quantitative estimate of drug-likeness (QED) is 0.383. The van der Waals surface area contributed by atoms with E-state index in [0.29, 0.717) is 48.6 Å². The monoisotopic (exact) mass is 552 g/mol. The molecule has 3 aromatic carbocycles. The van der Waals surface area contributed by atoms with Gasteiger partial charge in [-0.25, -0.2) is 0 Å². The second-order valence-corrected chi connectivity index (χ2v) is 11.1. The number of hydrogen-bond donors (Lipinski definition) is 3. The van der Waals surface area contributed by atoms with E-state index in [0.717, 1.165) is 18.8 Å². The molecule has 3 aliphatic rings. The van der Waals surface area contributed by atoms with E-state index in [2.05, 4.69) is 10.2 Å². The van der Waals surface area contributed by atoms with Crippen LogP contribution in [0.2, 0.25) is 0 Å². The smallest absolute Gasteiger partial charge is 0.268 e. The molecular weight excluding hydrogens is 516 g/mol. The Labute approximate surface area is 240 Å². The van der Waals surface area contributed by atoms with Gasteiger partial charge in [-0.15, -0.1) is 0 Å². The van der Waals surface area contributed by atoms with Gasteiger partial charge in [0.1, 0.15) is 5.54 Å². The van der Waals surface area contributed by atoms with Crippen molar-refractivity contribution >= 4 is 34.6 Å². The molecule has 2 atom stereocenters. The van der Waals surface area contributed by atoms with Crippen LogP contribution in [-0.2, 0) is 15.2 Å². The second kappa shape index (κ2) is 10.8. The average Bonchev–Trinajstić information content (AvgIpc) is 3.41. The van der Waals surface area contributed by atoms with Crippen molar-refractivity contribution in [3.05, 3.63) is 96.6 Å². The van der Waals surface area contributed by atoms with Crippen molar-refractivity contribution in [1.82, 2.24) is 5.32 Å². The van der Waals surface area contributed by atoms with Crippen molar-refractivity contribution in [2.24, 2.45) is 5.92 Å². The number of aliphatic hydroxyl groups excluding tert-OH is 1. The summed E-state index contributed by atoms with van der Waals surface area (Å²) < 4.78 is 0. The third-order valence-corrected chi connectivity index (χ3v) is 8.81. The summed E-state index contributed by atoms with van der Waals surface area (Å²) in [5.74, 6) is -0.980. The summed E-state index contributed by atoms with van der Waals surface area (Å²) in [4.78, 5) is 33.9. The van der Waals surface area contributed by atoms with Gasteiger partial charge in [0.05, 0.1) is 12.4 Å². The van der Waals surface area contributed by atoms with Crippen molar-refractivity contribution in [3.8, 4) is 0 Å². The highest BCUT2D eigenvalue weighted by molar-refractivity contribution is 6.13. The molecule has 8 heteroatoms. The minimum absolute atomic E-state index is 0.0152. The third-order valence-electron chi connectivity index (χ3n) is 8.81. The predicted molar refractivity (Wildman–Crippen MR) is 160 cm³/mol. The van der Waals surface area contributed by atoms with Crippen molar-refractivity contribution in [2.75, 3.05) is 41.1 Å². The summed E-state index contributed by atoms with van der Waals surface area (Å²) in [6.07, 6.45) is 5.38. The van der Waals surface area contributed by atoms with Crippen molar-refractivity contribution < 1.29 is 19.8 Å². The lowest BCUT2D eigenvalue weighted by Gasteiger charge is -2.39. The number of anilines is 4. The maximum absolute atomic E-state index is 14.3. The maximum Gasteiger partial charge on any atom is 0.268 e. The molecule has 0 saturated carbocycles. The van der Waals surface area contributed by atoms with Gasteiger partial charge in [-0.1, -0.05) is 55.5 Å². The predicted octanol–water partition coefficient (Wildman–Crippen LogP) is 4.06. The lowest BCUT2D eigenvalue weighted by atomic mass is 9.82. The van der Waals surface area contributed by atoms with E-state index in [1.807, 2.05) is 78.9 Å². The van der Waals surface area contributed by atoms with E-state index in [9.17, 15) is 19.8 Å². The molecule has 0 radical (unpaired) electrons. The van der Waals surface area contributed by atoms with E-state index < -0.39 is 23.0 Å². The first-order chi connectivity index (χ1) is 19.9. The first-order valence-corrected chi connectivity index (χ1v) is 14.3. The van der Waals surface area contributed by atoms with Gasteiger partial charge in [-0.2, -0.15) is 0 Å². The van der Waals surface area contributed by atoms with Crippen LogP contribution in [0, 0.1) is 5.92 Å². The number of carbonyl (C=O) groups is 2. The molecule has 8 nitrogen and oxygen atoms in total. The molecule has 1 spiro atoms. The molecule has 3 aliphatic heterocycles. The highest BCUT2D eigenvalue weighted by Gasteiger charge is 2.55. The Hall–Kier alpha value is -3.98. The molecule has 3 heterocycles. The Morgan fingerprint density at radius 3 is 2.22 bits per heavy atom. The fourth-order valence-corrected chi connectivity index (χ4v) is 6.54. The Morgan fingerprint density at radius 2 is 1.56 bits per heavy atom. The molecular formula is C33H36N4O4. The highest BCUT2D eigenvalue weighted by Crippen LogP contribution is 2.50. The first-order valence-electron chi connectivity index (χ1n) is 14.3. The fourth-order valence-electron chi connectivity index (χ4n) is 6.54. The normalized spacial score (nSPS) is 22.7. The number of para-hydroxylation sites is 2. The number of carbonyl (C=O) groups excluding carboxylic acids is 2. The number of benzene rings is 3. The van der Waals surface area contributed by atoms with Crippen LogP contribution in [0.25, 0.3) is 0 Å². The van der Waals surface area contributed by atoms with E-state index in [1.165, 1.54) is 0 Å². The van der Waals surface area contributed by atoms with Gasteiger partial charge >= 0.3 is 0 Å². The molecule has 212 valence electrons. The van der Waals surface area contributed by atoms with Gasteiger partial charge in [-0.3, -0.25) is 19.4 Å². The Kier molecular flexibility index (Phi) is 7.15. The molecule has 3 N–H and O–H groups in total. The zero-order valence-corrected chi connectivity index (χ0v) is 23.2. The summed E-state index contributed by atoms with van der Waals surface area (Å²) >= 11 is 0. The average molecular weight is 553 g/mol. The Morgan fingerprint density at radius 1 is 0.902 bits per heavy atom. The summed E-state index contributed by atoms with van der Waals surface area (Å²) in [6, 6.07) is 24.8. The van der Waals surface area contributed by atoms with Crippen LogP contribution in [0.1, 0.15) is 31.7 Å². The minimum Gasteiger partial charge on any atom is -0.396 e. The molecule has 6 rings (SSSR count). The van der Waals surface area contributed by atoms with E-state index in [-0.39, 0.29) is 12.5 Å². The summed E-state index contributed by atoms with van der Waals surface area (Å²) in [7, 11) is 0. The Bertz CT molecular complexity index is 1450. The van der Waals surface area contributed by atoms with Gasteiger partial charge in [0.25, 0.3) is 11.8 Å². The summed E-state index contributed by atoms with van der Waals surface area (Å²) in [6.45, 7) is 3.68. The van der Waals surface area contributed by atoms with Crippen LogP contribution < -0.4 is 20.0 Å². The van der Waals surface area contributed by atoms with Crippen LogP contribution in [-0.4, -0.2) is 53.9 Å². The topological polar surface area (TPSA) is 96.3 Å². The highest BCUT2D eigenvalue weighted by atomic mass is 16.3. The summed E-state index contributed by atoms with van der Waals surface area (Å²) in [5, 5.41) is 24.8. The molecule has 0 aromatic heterocycles. The number of fused-ring (bicyclic) bond motifs is 1. The largest absolute Gasteiger partial charge is 0.396 e. The molecule has 2 amide bonds. The number of aliphatic hydroxyl groups is 2. The SMILES string of the molecule is C[C@@H](/C=C/CCO)[C@]1(O)C(=O)N(c2ccccc2)c2ccc(N3CN(c4ccccc4)C4(CCNCC4)C3=O)cc21. The first kappa shape index (κ1) is 27.2. The number of hydrogen-bond acceptors (Lipinski definition) is 6. The van der Waals surface area contributed by atoms with Gasteiger partial charge in [0, 0.05) is 35.2 Å². The molecule has 2 saturated heterocycles. The molecule has 0 bridgehead atoms. The number of nitrogens with zero attached hydrogens (tertiary/aromatic N) is 3. The van der Waals surface area contributed by atoms with Crippen LogP contribution >= 0.6 is 0 Å². The van der Waals surface area contributed by atoms with E-state index in [4.69, 9.17) is 0 Å². The third kappa shape index (κ3) is 4.34. The van der Waals surface area contributed by atoms with Gasteiger partial charge in [-0.05, 0) is 74.8 Å². The fraction of sp³-hybridized carbons (Fsp3) is 0.333. The Balaban J connectivity index is 1.45. The number of rotatable bonds is 7. The number of amides is 2. The molecule has 41 heavy (non-hydrogen) atoms. The van der Waals surface area contributed by atoms with Crippen LogP contribution in [0.4, 0.5) is 22.7 Å². The van der Waals surface area contributed by atoms with Gasteiger partial charge in [0.2, 0.25) is 0 Å². The van der Waals surface area contributed by atoms with Crippen molar-refractivity contribution in [1.29, 1.82) is 0 Å². The summed E-state index contributed by atoms with van der Waals surface area (Å²) in [5.41, 5.74) is 0.868. The van der Waals surface area contributed by atoms with Crippen molar-refractivity contribution in [3.63, 3.8) is 0 Å². The van der Waals surface area contributed by atoms with E-state index in [1.54, 1.807) is 28.9 Å². The molecule has 3 aromatic rings. The van der Waals surface area contributed by atoms with Crippen LogP contribution in [0.5, 0.6) is 0 Å². The molecule has 0 aliphatic carbocycles. The number of nitrogens with one attached hydrogen (secondary N) is 1. The molecule has 2 fully saturated rings. The molecule has 0 unspecified atom stereocenters.